The topological polar surface area (TPSA) is 45.2 Å². The molecule has 1 unspecified atom stereocenters. The molecule has 0 spiro atoms. The first-order chi connectivity index (χ1) is 9.88. The van der Waals surface area contributed by atoms with E-state index in [9.17, 15) is 4.79 Å². The highest BCUT2D eigenvalue weighted by Gasteiger charge is 2.19. The fourth-order valence-electron chi connectivity index (χ4n) is 2.47. The van der Waals surface area contributed by atoms with Crippen molar-refractivity contribution >= 4 is 11.7 Å². The summed E-state index contributed by atoms with van der Waals surface area (Å²) in [4.78, 5) is 19.0. The molecule has 0 aliphatic carbocycles. The number of carbonyl (C=O) groups is 1. The first-order valence-electron chi connectivity index (χ1n) is 7.84. The zero-order valence-electron chi connectivity index (χ0n) is 14.2. The van der Waals surface area contributed by atoms with E-state index < -0.39 is 0 Å². The van der Waals surface area contributed by atoms with Crippen LogP contribution in [0.1, 0.15) is 56.6 Å². The maximum Gasteiger partial charge on any atom is 0.254 e. The van der Waals surface area contributed by atoms with Gasteiger partial charge in [-0.2, -0.15) is 0 Å². The number of nitrogens with one attached hydrogen (secondary N) is 1. The van der Waals surface area contributed by atoms with Crippen LogP contribution in [-0.4, -0.2) is 35.9 Å². The first kappa shape index (κ1) is 17.5. The number of pyridine rings is 1. The van der Waals surface area contributed by atoms with E-state index in [1.807, 2.05) is 31.1 Å². The Kier molecular flexibility index (Phi) is 6.66. The number of carbonyl (C=O) groups excluding carboxylic acids is 1. The average molecular weight is 291 g/mol. The second-order valence-corrected chi connectivity index (χ2v) is 6.13. The quantitative estimate of drug-likeness (QED) is 0.835. The van der Waals surface area contributed by atoms with E-state index in [2.05, 4.69) is 38.0 Å². The third-order valence-electron chi connectivity index (χ3n) is 3.68. The van der Waals surface area contributed by atoms with E-state index in [-0.39, 0.29) is 11.9 Å². The van der Waals surface area contributed by atoms with Crippen molar-refractivity contribution in [3.8, 4) is 0 Å². The lowest BCUT2D eigenvalue weighted by atomic mass is 10.0. The SMILES string of the molecule is CCCc1cc(C(=O)N(C)C(C)CC(C)C)cc(NC)n1. The summed E-state index contributed by atoms with van der Waals surface area (Å²) in [6, 6.07) is 3.99. The fourth-order valence-corrected chi connectivity index (χ4v) is 2.47. The standard InChI is InChI=1S/C17H29N3O/c1-7-8-15-10-14(11-16(18-5)19-15)17(21)20(6)13(4)9-12(2)3/h10-13H,7-9H2,1-6H3,(H,18,19). The highest BCUT2D eigenvalue weighted by molar-refractivity contribution is 5.95. The molecule has 1 N–H and O–H groups in total. The lowest BCUT2D eigenvalue weighted by Gasteiger charge is -2.26. The molecule has 4 heteroatoms. The minimum absolute atomic E-state index is 0.0689. The van der Waals surface area contributed by atoms with E-state index in [4.69, 9.17) is 0 Å². The van der Waals surface area contributed by atoms with E-state index in [1.54, 1.807) is 0 Å². The Hall–Kier alpha value is -1.58. The number of nitrogens with zero attached hydrogens (tertiary/aromatic N) is 2. The van der Waals surface area contributed by atoms with Gasteiger partial charge in [-0.3, -0.25) is 4.79 Å². The van der Waals surface area contributed by atoms with Crippen molar-refractivity contribution in [2.24, 2.45) is 5.92 Å². The molecule has 1 rings (SSSR count). The van der Waals surface area contributed by atoms with Crippen LogP contribution in [0.5, 0.6) is 0 Å². The lowest BCUT2D eigenvalue weighted by molar-refractivity contribution is 0.0728. The zero-order valence-corrected chi connectivity index (χ0v) is 14.2. The van der Waals surface area contributed by atoms with Gasteiger partial charge in [-0.25, -0.2) is 4.98 Å². The van der Waals surface area contributed by atoms with Crippen molar-refractivity contribution < 1.29 is 4.79 Å². The Morgan fingerprint density at radius 1 is 1.33 bits per heavy atom. The van der Waals surface area contributed by atoms with Gasteiger partial charge in [0.1, 0.15) is 5.82 Å². The monoisotopic (exact) mass is 291 g/mol. The molecule has 21 heavy (non-hydrogen) atoms. The van der Waals surface area contributed by atoms with Gasteiger partial charge >= 0.3 is 0 Å². The molecule has 1 aromatic rings. The van der Waals surface area contributed by atoms with E-state index >= 15 is 0 Å². The number of aryl methyl sites for hydroxylation is 1. The Bertz CT molecular complexity index is 471. The summed E-state index contributed by atoms with van der Waals surface area (Å²) in [5, 5.41) is 3.04. The van der Waals surface area contributed by atoms with Gasteiger partial charge in [0.2, 0.25) is 0 Å². The summed E-state index contributed by atoms with van der Waals surface area (Å²) < 4.78 is 0. The molecule has 0 aliphatic heterocycles. The smallest absolute Gasteiger partial charge is 0.254 e. The number of hydrogen-bond donors (Lipinski definition) is 1. The average Bonchev–Trinajstić information content (AvgIpc) is 2.44. The molecular weight excluding hydrogens is 262 g/mol. The number of hydrogen-bond acceptors (Lipinski definition) is 3. The molecule has 0 saturated carbocycles. The fraction of sp³-hybridized carbons (Fsp3) is 0.647. The molecule has 0 radical (unpaired) electrons. The molecule has 1 aromatic heterocycles. The summed E-state index contributed by atoms with van der Waals surface area (Å²) in [7, 11) is 3.71. The van der Waals surface area contributed by atoms with Crippen molar-refractivity contribution in [1.82, 2.24) is 9.88 Å². The van der Waals surface area contributed by atoms with Crippen molar-refractivity contribution in [3.05, 3.63) is 23.4 Å². The molecule has 0 saturated heterocycles. The molecule has 1 heterocycles. The van der Waals surface area contributed by atoms with E-state index in [0.29, 0.717) is 5.92 Å². The van der Waals surface area contributed by atoms with Crippen LogP contribution in [0, 0.1) is 5.92 Å². The summed E-state index contributed by atoms with van der Waals surface area (Å²) >= 11 is 0. The maximum atomic E-state index is 12.7. The van der Waals surface area contributed by atoms with Crippen LogP contribution >= 0.6 is 0 Å². The van der Waals surface area contributed by atoms with Gasteiger partial charge < -0.3 is 10.2 Å². The van der Waals surface area contributed by atoms with Gasteiger partial charge in [0, 0.05) is 31.4 Å². The number of anilines is 1. The Labute approximate surface area is 129 Å². The summed E-state index contributed by atoms with van der Waals surface area (Å²) in [5.74, 6) is 1.41. The predicted octanol–water partition coefficient (Wildman–Crippen LogP) is 3.58. The van der Waals surface area contributed by atoms with E-state index in [1.165, 1.54) is 0 Å². The molecule has 1 amide bonds. The minimum Gasteiger partial charge on any atom is -0.373 e. The molecule has 0 aliphatic rings. The second kappa shape index (κ2) is 8.01. The van der Waals surface area contributed by atoms with Crippen LogP contribution in [0.4, 0.5) is 5.82 Å². The van der Waals surface area contributed by atoms with Crippen LogP contribution in [-0.2, 0) is 6.42 Å². The summed E-state index contributed by atoms with van der Waals surface area (Å²) in [6.07, 6.45) is 2.92. The molecule has 118 valence electrons. The highest BCUT2D eigenvalue weighted by atomic mass is 16.2. The molecular formula is C17H29N3O. The minimum atomic E-state index is 0.0689. The molecule has 0 bridgehead atoms. The van der Waals surface area contributed by atoms with Gasteiger partial charge in [-0.05, 0) is 37.8 Å². The van der Waals surface area contributed by atoms with Crippen molar-refractivity contribution in [3.63, 3.8) is 0 Å². The molecule has 1 atom stereocenters. The first-order valence-corrected chi connectivity index (χ1v) is 7.84. The third-order valence-corrected chi connectivity index (χ3v) is 3.68. The third kappa shape index (κ3) is 5.03. The van der Waals surface area contributed by atoms with Crippen molar-refractivity contribution in [2.75, 3.05) is 19.4 Å². The number of aromatic nitrogens is 1. The van der Waals surface area contributed by atoms with Gasteiger partial charge in [0.15, 0.2) is 0 Å². The van der Waals surface area contributed by atoms with Crippen LogP contribution in [0.15, 0.2) is 12.1 Å². The number of rotatable bonds is 7. The Morgan fingerprint density at radius 2 is 2.00 bits per heavy atom. The molecule has 0 aromatic carbocycles. The van der Waals surface area contributed by atoms with Gasteiger partial charge in [0.25, 0.3) is 5.91 Å². The summed E-state index contributed by atoms with van der Waals surface area (Å²) in [6.45, 7) is 8.58. The van der Waals surface area contributed by atoms with E-state index in [0.717, 1.165) is 36.3 Å². The Balaban J connectivity index is 2.97. The normalized spacial score (nSPS) is 12.3. The number of amides is 1. The van der Waals surface area contributed by atoms with Crippen molar-refractivity contribution in [2.45, 2.75) is 53.0 Å². The zero-order chi connectivity index (χ0) is 16.0. The molecule has 0 fully saturated rings. The predicted molar refractivity (Wildman–Crippen MR) is 88.8 cm³/mol. The van der Waals surface area contributed by atoms with Gasteiger partial charge in [-0.1, -0.05) is 27.2 Å². The van der Waals surface area contributed by atoms with Crippen LogP contribution in [0.2, 0.25) is 0 Å². The molecule has 4 nitrogen and oxygen atoms in total. The largest absolute Gasteiger partial charge is 0.373 e. The highest BCUT2D eigenvalue weighted by Crippen LogP contribution is 2.17. The maximum absolute atomic E-state index is 12.7. The van der Waals surface area contributed by atoms with Crippen LogP contribution in [0.3, 0.4) is 0 Å². The Morgan fingerprint density at radius 3 is 2.52 bits per heavy atom. The van der Waals surface area contributed by atoms with Crippen molar-refractivity contribution in [1.29, 1.82) is 0 Å². The van der Waals surface area contributed by atoms with Crippen LogP contribution in [0.25, 0.3) is 0 Å². The lowest BCUT2D eigenvalue weighted by Crippen LogP contribution is -2.36. The van der Waals surface area contributed by atoms with Gasteiger partial charge in [0.05, 0.1) is 0 Å². The second-order valence-electron chi connectivity index (χ2n) is 6.13. The van der Waals surface area contributed by atoms with Gasteiger partial charge in [-0.15, -0.1) is 0 Å². The van der Waals surface area contributed by atoms with Crippen LogP contribution < -0.4 is 5.32 Å². The summed E-state index contributed by atoms with van der Waals surface area (Å²) in [5.41, 5.74) is 1.69.